The molecule has 1 saturated carbocycles. The molecule has 3 nitrogen and oxygen atoms in total. The zero-order chi connectivity index (χ0) is 11.2. The first-order valence-electron chi connectivity index (χ1n) is 6.88. The van der Waals surface area contributed by atoms with Crippen LogP contribution in [0.5, 0.6) is 0 Å². The van der Waals surface area contributed by atoms with Crippen molar-refractivity contribution < 1.29 is 4.74 Å². The Morgan fingerprint density at radius 3 is 2.62 bits per heavy atom. The van der Waals surface area contributed by atoms with Crippen LogP contribution in [-0.4, -0.2) is 50.3 Å². The van der Waals surface area contributed by atoms with Gasteiger partial charge >= 0.3 is 0 Å². The predicted molar refractivity (Wildman–Crippen MR) is 66.7 cm³/mol. The monoisotopic (exact) mass is 226 g/mol. The summed E-state index contributed by atoms with van der Waals surface area (Å²) in [6.07, 6.45) is 5.78. The molecule has 0 aromatic carbocycles. The second-order valence-corrected chi connectivity index (χ2v) is 5.37. The van der Waals surface area contributed by atoms with Crippen molar-refractivity contribution in [1.29, 1.82) is 0 Å². The van der Waals surface area contributed by atoms with E-state index in [0.717, 1.165) is 32.2 Å². The molecule has 1 unspecified atom stereocenters. The summed E-state index contributed by atoms with van der Waals surface area (Å²) in [4.78, 5) is 2.51. The van der Waals surface area contributed by atoms with Gasteiger partial charge in [0.15, 0.2) is 0 Å². The molecule has 1 heterocycles. The minimum atomic E-state index is 0.624. The fourth-order valence-electron chi connectivity index (χ4n) is 2.82. The maximum Gasteiger partial charge on any atom is 0.0594 e. The first kappa shape index (κ1) is 12.3. The summed E-state index contributed by atoms with van der Waals surface area (Å²) in [5, 5.41) is 3.69. The van der Waals surface area contributed by atoms with Crippen molar-refractivity contribution >= 4 is 0 Å². The molecule has 2 aliphatic rings. The molecule has 0 radical (unpaired) electrons. The van der Waals surface area contributed by atoms with E-state index in [1.54, 1.807) is 0 Å². The van der Waals surface area contributed by atoms with Crippen molar-refractivity contribution in [2.24, 2.45) is 5.92 Å². The highest BCUT2D eigenvalue weighted by atomic mass is 16.5. The molecule has 0 bridgehead atoms. The van der Waals surface area contributed by atoms with Crippen LogP contribution in [-0.2, 0) is 4.74 Å². The highest BCUT2D eigenvalue weighted by Crippen LogP contribution is 2.23. The summed E-state index contributed by atoms with van der Waals surface area (Å²) in [7, 11) is 0. The summed E-state index contributed by atoms with van der Waals surface area (Å²) in [6, 6.07) is 0.624. The Labute approximate surface area is 99.5 Å². The lowest BCUT2D eigenvalue weighted by atomic mass is 10.1. The number of hydrogen-bond acceptors (Lipinski definition) is 3. The molecule has 1 saturated heterocycles. The molecule has 0 spiro atoms. The van der Waals surface area contributed by atoms with Crippen LogP contribution >= 0.6 is 0 Å². The van der Waals surface area contributed by atoms with Crippen molar-refractivity contribution in [3.63, 3.8) is 0 Å². The van der Waals surface area contributed by atoms with Crippen LogP contribution < -0.4 is 5.32 Å². The molecule has 16 heavy (non-hydrogen) atoms. The Morgan fingerprint density at radius 1 is 1.25 bits per heavy atom. The third-order valence-electron chi connectivity index (χ3n) is 3.87. The molecule has 3 heteroatoms. The summed E-state index contributed by atoms with van der Waals surface area (Å²) >= 11 is 0. The third-order valence-corrected chi connectivity index (χ3v) is 3.87. The fourth-order valence-corrected chi connectivity index (χ4v) is 2.82. The second kappa shape index (κ2) is 6.58. The van der Waals surface area contributed by atoms with E-state index in [-0.39, 0.29) is 0 Å². The molecule has 0 aromatic heterocycles. The molecule has 2 rings (SSSR count). The number of rotatable bonds is 5. The minimum absolute atomic E-state index is 0.624. The van der Waals surface area contributed by atoms with Gasteiger partial charge in [0.25, 0.3) is 0 Å². The third kappa shape index (κ3) is 4.04. The van der Waals surface area contributed by atoms with Crippen LogP contribution in [0.3, 0.4) is 0 Å². The lowest BCUT2D eigenvalue weighted by molar-refractivity contribution is 0.0342. The lowest BCUT2D eigenvalue weighted by Crippen LogP contribution is -2.45. The molecule has 0 aromatic rings. The van der Waals surface area contributed by atoms with E-state index in [2.05, 4.69) is 17.1 Å². The fraction of sp³-hybridized carbons (Fsp3) is 1.00. The normalized spacial score (nSPS) is 26.1. The largest absolute Gasteiger partial charge is 0.379 e. The predicted octanol–water partition coefficient (Wildman–Crippen LogP) is 1.49. The smallest absolute Gasteiger partial charge is 0.0594 e. The van der Waals surface area contributed by atoms with E-state index in [9.17, 15) is 0 Å². The van der Waals surface area contributed by atoms with Gasteiger partial charge in [0, 0.05) is 25.7 Å². The molecular formula is C13H26N2O. The van der Waals surface area contributed by atoms with Crippen molar-refractivity contribution in [2.45, 2.75) is 38.6 Å². The van der Waals surface area contributed by atoms with Crippen LogP contribution in [0.15, 0.2) is 0 Å². The SMILES string of the molecule is CC(CN1CCOCC1)NCC1CCCC1. The summed E-state index contributed by atoms with van der Waals surface area (Å²) < 4.78 is 5.36. The molecule has 1 N–H and O–H groups in total. The van der Waals surface area contributed by atoms with Gasteiger partial charge in [-0.15, -0.1) is 0 Å². The summed E-state index contributed by atoms with van der Waals surface area (Å²) in [6.45, 7) is 8.75. The van der Waals surface area contributed by atoms with Gasteiger partial charge in [-0.3, -0.25) is 4.90 Å². The van der Waals surface area contributed by atoms with E-state index in [1.165, 1.54) is 38.8 Å². The molecule has 1 atom stereocenters. The standard InChI is InChI=1S/C13H26N2O/c1-12(11-15-6-8-16-9-7-15)14-10-13-4-2-3-5-13/h12-14H,2-11H2,1H3. The second-order valence-electron chi connectivity index (χ2n) is 5.37. The Morgan fingerprint density at radius 2 is 1.94 bits per heavy atom. The summed E-state index contributed by atoms with van der Waals surface area (Å²) in [5.74, 6) is 0.951. The van der Waals surface area contributed by atoms with Crippen molar-refractivity contribution in [3.8, 4) is 0 Å². The lowest BCUT2D eigenvalue weighted by Gasteiger charge is -2.29. The zero-order valence-electron chi connectivity index (χ0n) is 10.6. The van der Waals surface area contributed by atoms with Crippen LogP contribution in [0, 0.1) is 5.92 Å². The van der Waals surface area contributed by atoms with Gasteiger partial charge in [0.2, 0.25) is 0 Å². The van der Waals surface area contributed by atoms with Crippen LogP contribution in [0.1, 0.15) is 32.6 Å². The molecule has 1 aliphatic heterocycles. The van der Waals surface area contributed by atoms with Gasteiger partial charge in [-0.1, -0.05) is 12.8 Å². The maximum absolute atomic E-state index is 5.36. The van der Waals surface area contributed by atoms with Crippen molar-refractivity contribution in [3.05, 3.63) is 0 Å². The average Bonchev–Trinajstić information content (AvgIpc) is 2.81. The Hall–Kier alpha value is -0.120. The van der Waals surface area contributed by atoms with E-state index < -0.39 is 0 Å². The van der Waals surface area contributed by atoms with E-state index in [1.807, 2.05) is 0 Å². The van der Waals surface area contributed by atoms with Crippen molar-refractivity contribution in [2.75, 3.05) is 39.4 Å². The highest BCUT2D eigenvalue weighted by molar-refractivity contribution is 4.74. The first-order chi connectivity index (χ1) is 7.84. The van der Waals surface area contributed by atoms with Gasteiger partial charge < -0.3 is 10.1 Å². The summed E-state index contributed by atoms with van der Waals surface area (Å²) in [5.41, 5.74) is 0. The maximum atomic E-state index is 5.36. The molecule has 2 fully saturated rings. The molecule has 1 aliphatic carbocycles. The van der Waals surface area contributed by atoms with E-state index >= 15 is 0 Å². The van der Waals surface area contributed by atoms with Gasteiger partial charge in [0.1, 0.15) is 0 Å². The van der Waals surface area contributed by atoms with Crippen LogP contribution in [0.4, 0.5) is 0 Å². The number of ether oxygens (including phenoxy) is 1. The highest BCUT2D eigenvalue weighted by Gasteiger charge is 2.17. The minimum Gasteiger partial charge on any atom is -0.379 e. The van der Waals surface area contributed by atoms with Crippen LogP contribution in [0.2, 0.25) is 0 Å². The van der Waals surface area contributed by atoms with Gasteiger partial charge in [0.05, 0.1) is 13.2 Å². The van der Waals surface area contributed by atoms with Crippen LogP contribution in [0.25, 0.3) is 0 Å². The quantitative estimate of drug-likeness (QED) is 0.768. The average molecular weight is 226 g/mol. The van der Waals surface area contributed by atoms with Gasteiger partial charge in [-0.25, -0.2) is 0 Å². The number of nitrogens with one attached hydrogen (secondary N) is 1. The molecule has 0 amide bonds. The number of morpholine rings is 1. The number of hydrogen-bond donors (Lipinski definition) is 1. The Kier molecular flexibility index (Phi) is 5.07. The van der Waals surface area contributed by atoms with E-state index in [4.69, 9.17) is 4.74 Å². The van der Waals surface area contributed by atoms with Crippen molar-refractivity contribution in [1.82, 2.24) is 10.2 Å². The van der Waals surface area contributed by atoms with Gasteiger partial charge in [-0.05, 0) is 32.2 Å². The first-order valence-corrected chi connectivity index (χ1v) is 6.88. The zero-order valence-corrected chi connectivity index (χ0v) is 10.6. The topological polar surface area (TPSA) is 24.5 Å². The molecular weight excluding hydrogens is 200 g/mol. The Bertz CT molecular complexity index is 186. The van der Waals surface area contributed by atoms with E-state index in [0.29, 0.717) is 6.04 Å². The number of nitrogens with zero attached hydrogens (tertiary/aromatic N) is 1. The van der Waals surface area contributed by atoms with Gasteiger partial charge in [-0.2, -0.15) is 0 Å². The Balaban J connectivity index is 1.57. The molecule has 94 valence electrons.